The van der Waals surface area contributed by atoms with Crippen molar-refractivity contribution in [3.05, 3.63) is 0 Å². The van der Waals surface area contributed by atoms with Crippen LogP contribution in [-0.2, 0) is 9.59 Å². The first-order valence-electron chi connectivity index (χ1n) is 3.28. The smallest absolute Gasteiger partial charge is 0.549 e. The largest absolute Gasteiger partial charge is 1.00 e. The van der Waals surface area contributed by atoms with Crippen LogP contribution < -0.4 is 67.8 Å². The van der Waals surface area contributed by atoms with Crippen LogP contribution in [-0.4, -0.2) is 11.9 Å². The van der Waals surface area contributed by atoms with Gasteiger partial charge in [-0.25, -0.2) is 5.84 Å². The third-order valence-corrected chi connectivity index (χ3v) is 2.21. The number of nitrogens with one attached hydrogen (secondary N) is 1. The van der Waals surface area contributed by atoms with Crippen LogP contribution in [0.4, 0.5) is 0 Å². The first-order chi connectivity index (χ1) is 5.05. The maximum Gasteiger partial charge on any atom is 1.00 e. The molecule has 0 aromatic carbocycles. The Kier molecular flexibility index (Phi) is 4.35. The van der Waals surface area contributed by atoms with Crippen molar-refractivity contribution in [3.63, 3.8) is 0 Å². The van der Waals surface area contributed by atoms with Crippen molar-refractivity contribution in [1.82, 2.24) is 5.43 Å². The fourth-order valence-corrected chi connectivity index (χ4v) is 1.25. The predicted molar refractivity (Wildman–Crippen MR) is 33.6 cm³/mol. The molecule has 2 atom stereocenters. The van der Waals surface area contributed by atoms with Gasteiger partial charge in [0.1, 0.15) is 0 Å². The van der Waals surface area contributed by atoms with Crippen molar-refractivity contribution in [2.45, 2.75) is 13.3 Å². The van der Waals surface area contributed by atoms with E-state index in [0.29, 0.717) is 6.42 Å². The van der Waals surface area contributed by atoms with Crippen LogP contribution in [0.2, 0.25) is 0 Å². The molecule has 0 aromatic heterocycles. The number of hydrogen-bond acceptors (Lipinski definition) is 4. The minimum atomic E-state index is -1.35. The molecule has 0 spiro atoms. The Bertz CT molecular complexity index is 221. The van der Waals surface area contributed by atoms with Crippen LogP contribution in [0.1, 0.15) is 13.3 Å². The summed E-state index contributed by atoms with van der Waals surface area (Å²) in [5, 5.41) is 10.5. The summed E-state index contributed by atoms with van der Waals surface area (Å²) in [6.45, 7) is 1.67. The molecule has 6 heteroatoms. The van der Waals surface area contributed by atoms with Gasteiger partial charge in [-0.2, -0.15) is 0 Å². The molecule has 1 aliphatic rings. The normalized spacial score (nSPS) is 31.7. The Morgan fingerprint density at radius 1 is 1.67 bits per heavy atom. The Morgan fingerprint density at radius 3 is 2.17 bits per heavy atom. The van der Waals surface area contributed by atoms with Crippen molar-refractivity contribution in [2.24, 2.45) is 17.2 Å². The van der Waals surface area contributed by atoms with E-state index >= 15 is 0 Å². The molecule has 1 saturated carbocycles. The third-order valence-electron chi connectivity index (χ3n) is 2.21. The van der Waals surface area contributed by atoms with Gasteiger partial charge in [0.15, 0.2) is 0 Å². The van der Waals surface area contributed by atoms with Crippen LogP contribution in [0.5, 0.6) is 0 Å². The monoisotopic (exact) mass is 196 g/mol. The molecule has 1 amide bonds. The fourth-order valence-electron chi connectivity index (χ4n) is 1.25. The minimum Gasteiger partial charge on any atom is -0.549 e. The number of carboxylic acid groups (broad SMARTS) is 1. The molecule has 5 nitrogen and oxygen atoms in total. The van der Waals surface area contributed by atoms with E-state index in [2.05, 4.69) is 0 Å². The Balaban J connectivity index is 0.00000121. The number of amides is 1. The van der Waals surface area contributed by atoms with Gasteiger partial charge in [0, 0.05) is 0 Å². The number of aliphatic carboxylic acids is 1. The van der Waals surface area contributed by atoms with Gasteiger partial charge >= 0.3 is 51.4 Å². The number of carboxylic acids is 1. The zero-order valence-corrected chi connectivity index (χ0v) is 10.2. The quantitative estimate of drug-likeness (QED) is 0.152. The number of rotatable bonds is 2. The van der Waals surface area contributed by atoms with Crippen LogP contribution in [0, 0.1) is 11.3 Å². The SMILES string of the molecule is CC1CC1(C(=O)[O-])C(=O)NN.[K+]. The molecule has 3 N–H and O–H groups in total. The Labute approximate surface area is 112 Å². The zero-order chi connectivity index (χ0) is 8.65. The van der Waals surface area contributed by atoms with E-state index in [1.54, 1.807) is 6.92 Å². The average Bonchev–Trinajstić information content (AvgIpc) is 2.61. The molecule has 1 fully saturated rings. The van der Waals surface area contributed by atoms with Gasteiger partial charge in [-0.05, 0) is 12.3 Å². The summed E-state index contributed by atoms with van der Waals surface area (Å²) < 4.78 is 0. The second kappa shape index (κ2) is 4.16. The number of carbonyl (C=O) groups is 2. The fraction of sp³-hybridized carbons (Fsp3) is 0.667. The van der Waals surface area contributed by atoms with Gasteiger partial charge in [-0.15, -0.1) is 0 Å². The number of nitrogens with two attached hydrogens (primary N) is 1. The van der Waals surface area contributed by atoms with Gasteiger partial charge in [0.25, 0.3) is 0 Å². The molecule has 0 radical (unpaired) electrons. The van der Waals surface area contributed by atoms with E-state index in [9.17, 15) is 14.7 Å². The van der Waals surface area contributed by atoms with E-state index < -0.39 is 17.3 Å². The maximum absolute atomic E-state index is 10.9. The van der Waals surface area contributed by atoms with Crippen LogP contribution in [0.3, 0.4) is 0 Å². The van der Waals surface area contributed by atoms with Gasteiger partial charge in [-0.1, -0.05) is 6.92 Å². The topological polar surface area (TPSA) is 95.2 Å². The molecule has 1 aliphatic carbocycles. The summed E-state index contributed by atoms with van der Waals surface area (Å²) in [6.07, 6.45) is 0.318. The molecular weight excluding hydrogens is 187 g/mol. The van der Waals surface area contributed by atoms with Gasteiger partial charge in [-0.3, -0.25) is 10.2 Å². The van der Waals surface area contributed by atoms with Gasteiger partial charge in [0.2, 0.25) is 5.91 Å². The number of carbonyl (C=O) groups excluding carboxylic acids is 2. The molecule has 0 aromatic rings. The van der Waals surface area contributed by atoms with E-state index in [1.807, 2.05) is 5.43 Å². The van der Waals surface area contributed by atoms with Gasteiger partial charge < -0.3 is 9.90 Å². The molecule has 12 heavy (non-hydrogen) atoms. The molecule has 0 bridgehead atoms. The van der Waals surface area contributed by atoms with Crippen LogP contribution >= 0.6 is 0 Å². The van der Waals surface area contributed by atoms with Crippen molar-refractivity contribution in [1.29, 1.82) is 0 Å². The molecule has 0 aliphatic heterocycles. The standard InChI is InChI=1S/C6H10N2O3.K/c1-3-2-6(3,5(10)11)4(9)8-7;/h3H,2,7H2,1H3,(H,8,9)(H,10,11);/q;+1/p-1. The van der Waals surface area contributed by atoms with Crippen LogP contribution in [0.25, 0.3) is 0 Å². The molecule has 0 saturated heterocycles. The van der Waals surface area contributed by atoms with E-state index in [1.165, 1.54) is 0 Å². The third kappa shape index (κ3) is 1.73. The Hall–Kier alpha value is 0.536. The summed E-state index contributed by atoms with van der Waals surface area (Å²) in [6, 6.07) is 0. The summed E-state index contributed by atoms with van der Waals surface area (Å²) >= 11 is 0. The number of hydrogen-bond donors (Lipinski definition) is 2. The predicted octanol–water partition coefficient (Wildman–Crippen LogP) is -5.24. The zero-order valence-electron chi connectivity index (χ0n) is 7.09. The van der Waals surface area contributed by atoms with E-state index in [-0.39, 0.29) is 57.3 Å². The first-order valence-corrected chi connectivity index (χ1v) is 3.28. The van der Waals surface area contributed by atoms with E-state index in [4.69, 9.17) is 5.84 Å². The summed E-state index contributed by atoms with van der Waals surface area (Å²) in [7, 11) is 0. The molecular formula is C6H9KN2O3. The molecule has 62 valence electrons. The second-order valence-electron chi connectivity index (χ2n) is 2.84. The molecule has 2 unspecified atom stereocenters. The van der Waals surface area contributed by atoms with Gasteiger partial charge in [0.05, 0.1) is 11.4 Å². The maximum atomic E-state index is 10.9. The minimum absolute atomic E-state index is 0. The summed E-state index contributed by atoms with van der Waals surface area (Å²) in [5.74, 6) is 2.64. The van der Waals surface area contributed by atoms with E-state index in [0.717, 1.165) is 0 Å². The second-order valence-corrected chi connectivity index (χ2v) is 2.84. The summed E-state index contributed by atoms with van der Waals surface area (Å²) in [5.41, 5.74) is 0.467. The average molecular weight is 196 g/mol. The van der Waals surface area contributed by atoms with Crippen molar-refractivity contribution in [2.75, 3.05) is 0 Å². The van der Waals surface area contributed by atoms with Crippen LogP contribution in [0.15, 0.2) is 0 Å². The summed E-state index contributed by atoms with van der Waals surface area (Å²) in [4.78, 5) is 21.4. The molecule has 0 heterocycles. The Morgan fingerprint density at radius 2 is 2.08 bits per heavy atom. The first kappa shape index (κ1) is 12.5. The molecule has 1 rings (SSSR count). The van der Waals surface area contributed by atoms with Crippen molar-refractivity contribution < 1.29 is 66.1 Å². The van der Waals surface area contributed by atoms with Crippen molar-refractivity contribution >= 4 is 11.9 Å². The van der Waals surface area contributed by atoms with Crippen molar-refractivity contribution in [3.8, 4) is 0 Å². The number of hydrazine groups is 1.